The predicted octanol–water partition coefficient (Wildman–Crippen LogP) is -0.633. The zero-order chi connectivity index (χ0) is 9.68. The van der Waals surface area contributed by atoms with Gasteiger partial charge in [-0.15, -0.1) is 0 Å². The van der Waals surface area contributed by atoms with Crippen molar-refractivity contribution >= 4 is 12.0 Å². The summed E-state index contributed by atoms with van der Waals surface area (Å²) in [5.41, 5.74) is 5.29. The molecule has 6 heteroatoms. The van der Waals surface area contributed by atoms with Crippen LogP contribution in [0.5, 0.6) is 0 Å². The van der Waals surface area contributed by atoms with Gasteiger partial charge >= 0.3 is 6.03 Å². The summed E-state index contributed by atoms with van der Waals surface area (Å²) in [6, 6.07) is -0.380. The molecule has 1 heterocycles. The molecule has 1 aliphatic heterocycles. The van der Waals surface area contributed by atoms with Crippen molar-refractivity contribution in [3.8, 4) is 0 Å². The summed E-state index contributed by atoms with van der Waals surface area (Å²) in [6.45, 7) is 0.697. The summed E-state index contributed by atoms with van der Waals surface area (Å²) in [7, 11) is 1.50. The SMILES string of the molecule is CN=C(N)NC(=O)NC1CCCO1. The standard InChI is InChI=1S/C7H14N4O2/c1-9-6(8)11-7(12)10-5-3-2-4-13-5/h5H,2-4H2,1H3,(H4,8,9,10,11,12). The Balaban J connectivity index is 2.24. The van der Waals surface area contributed by atoms with Crippen molar-refractivity contribution in [2.45, 2.75) is 19.1 Å². The molecule has 0 radical (unpaired) electrons. The lowest BCUT2D eigenvalue weighted by Crippen LogP contribution is -2.46. The first-order chi connectivity index (χ1) is 6.22. The van der Waals surface area contributed by atoms with Gasteiger partial charge in [-0.25, -0.2) is 4.79 Å². The predicted molar refractivity (Wildman–Crippen MR) is 48.2 cm³/mol. The fourth-order valence-electron chi connectivity index (χ4n) is 1.05. The second-order valence-corrected chi connectivity index (χ2v) is 2.71. The minimum Gasteiger partial charge on any atom is -0.370 e. The van der Waals surface area contributed by atoms with Gasteiger partial charge in [0.1, 0.15) is 6.23 Å². The second-order valence-electron chi connectivity index (χ2n) is 2.71. The van der Waals surface area contributed by atoms with Gasteiger partial charge in [0.05, 0.1) is 0 Å². The number of aliphatic imine (C=N–C) groups is 1. The number of guanidine groups is 1. The molecule has 0 spiro atoms. The summed E-state index contributed by atoms with van der Waals surface area (Å²) < 4.78 is 5.19. The topological polar surface area (TPSA) is 88.7 Å². The lowest BCUT2D eigenvalue weighted by molar-refractivity contribution is 0.0915. The third kappa shape index (κ3) is 3.29. The Morgan fingerprint density at radius 1 is 1.69 bits per heavy atom. The summed E-state index contributed by atoms with van der Waals surface area (Å²) in [4.78, 5) is 14.7. The van der Waals surface area contributed by atoms with Crippen molar-refractivity contribution in [2.75, 3.05) is 13.7 Å². The molecule has 74 valence electrons. The molecule has 13 heavy (non-hydrogen) atoms. The molecule has 1 aliphatic rings. The molecular weight excluding hydrogens is 172 g/mol. The van der Waals surface area contributed by atoms with Crippen LogP contribution in [0.3, 0.4) is 0 Å². The van der Waals surface area contributed by atoms with Crippen LogP contribution in [0.2, 0.25) is 0 Å². The maximum absolute atomic E-state index is 11.1. The number of nitrogens with two attached hydrogens (primary N) is 1. The molecule has 6 nitrogen and oxygen atoms in total. The van der Waals surface area contributed by atoms with Crippen LogP contribution in [0.1, 0.15) is 12.8 Å². The van der Waals surface area contributed by atoms with Crippen molar-refractivity contribution in [3.05, 3.63) is 0 Å². The Labute approximate surface area is 76.5 Å². The first-order valence-electron chi connectivity index (χ1n) is 4.13. The van der Waals surface area contributed by atoms with E-state index < -0.39 is 0 Å². The number of nitrogens with zero attached hydrogens (tertiary/aromatic N) is 1. The number of urea groups is 1. The van der Waals surface area contributed by atoms with E-state index in [1.807, 2.05) is 0 Å². The Morgan fingerprint density at radius 2 is 2.46 bits per heavy atom. The maximum atomic E-state index is 11.1. The van der Waals surface area contributed by atoms with Gasteiger partial charge in [0.25, 0.3) is 0 Å². The van der Waals surface area contributed by atoms with Gasteiger partial charge in [-0.2, -0.15) is 0 Å². The highest BCUT2D eigenvalue weighted by Crippen LogP contribution is 2.08. The van der Waals surface area contributed by atoms with E-state index in [-0.39, 0.29) is 18.2 Å². The number of hydrogen-bond donors (Lipinski definition) is 3. The van der Waals surface area contributed by atoms with Crippen molar-refractivity contribution in [1.29, 1.82) is 0 Å². The summed E-state index contributed by atoms with van der Waals surface area (Å²) in [5, 5.41) is 4.97. The smallest absolute Gasteiger partial charge is 0.323 e. The van der Waals surface area contributed by atoms with Gasteiger partial charge in [-0.1, -0.05) is 0 Å². The van der Waals surface area contributed by atoms with Gasteiger partial charge in [0.15, 0.2) is 5.96 Å². The largest absolute Gasteiger partial charge is 0.370 e. The van der Waals surface area contributed by atoms with Gasteiger partial charge in [-0.05, 0) is 12.8 Å². The fraction of sp³-hybridized carbons (Fsp3) is 0.714. The average molecular weight is 186 g/mol. The number of rotatable bonds is 1. The van der Waals surface area contributed by atoms with E-state index in [0.29, 0.717) is 6.61 Å². The Kier molecular flexibility index (Phi) is 3.51. The molecule has 1 unspecified atom stereocenters. The van der Waals surface area contributed by atoms with E-state index >= 15 is 0 Å². The number of amides is 2. The van der Waals surface area contributed by atoms with Crippen LogP contribution in [-0.4, -0.2) is 31.9 Å². The maximum Gasteiger partial charge on any atom is 0.323 e. The molecule has 0 aromatic carbocycles. The quantitative estimate of drug-likeness (QED) is 0.376. The van der Waals surface area contributed by atoms with Crippen molar-refractivity contribution in [3.63, 3.8) is 0 Å². The molecule has 0 aromatic rings. The van der Waals surface area contributed by atoms with Gasteiger partial charge < -0.3 is 15.8 Å². The van der Waals surface area contributed by atoms with Crippen LogP contribution >= 0.6 is 0 Å². The first-order valence-corrected chi connectivity index (χ1v) is 4.13. The third-order valence-corrected chi connectivity index (χ3v) is 1.70. The van der Waals surface area contributed by atoms with Crippen LogP contribution in [0, 0.1) is 0 Å². The summed E-state index contributed by atoms with van der Waals surface area (Å²) in [6.07, 6.45) is 1.63. The number of carbonyl (C=O) groups is 1. The van der Waals surface area contributed by atoms with Crippen molar-refractivity contribution in [2.24, 2.45) is 10.7 Å². The number of hydrogen-bond acceptors (Lipinski definition) is 3. The fourth-order valence-corrected chi connectivity index (χ4v) is 1.05. The van der Waals surface area contributed by atoms with Crippen LogP contribution < -0.4 is 16.4 Å². The van der Waals surface area contributed by atoms with Crippen LogP contribution in [0.25, 0.3) is 0 Å². The normalized spacial score (nSPS) is 22.8. The van der Waals surface area contributed by atoms with Crippen LogP contribution in [-0.2, 0) is 4.74 Å². The molecule has 0 aromatic heterocycles. The zero-order valence-electron chi connectivity index (χ0n) is 7.54. The molecule has 2 amide bonds. The Morgan fingerprint density at radius 3 is 3.00 bits per heavy atom. The number of carbonyl (C=O) groups excluding carboxylic acids is 1. The van der Waals surface area contributed by atoms with Crippen molar-refractivity contribution in [1.82, 2.24) is 10.6 Å². The molecule has 0 aliphatic carbocycles. The van der Waals surface area contributed by atoms with E-state index in [2.05, 4.69) is 15.6 Å². The van der Waals surface area contributed by atoms with E-state index in [4.69, 9.17) is 10.5 Å². The Bertz CT molecular complexity index is 211. The molecule has 1 atom stereocenters. The molecular formula is C7H14N4O2. The van der Waals surface area contributed by atoms with E-state index in [1.54, 1.807) is 0 Å². The minimum atomic E-state index is -0.380. The monoisotopic (exact) mass is 186 g/mol. The minimum absolute atomic E-state index is 0.0931. The molecule has 0 saturated carbocycles. The number of ether oxygens (including phenoxy) is 1. The first kappa shape index (κ1) is 9.79. The van der Waals surface area contributed by atoms with E-state index in [1.165, 1.54) is 7.05 Å². The lowest BCUT2D eigenvalue weighted by Gasteiger charge is -2.11. The van der Waals surface area contributed by atoms with E-state index in [9.17, 15) is 4.79 Å². The summed E-state index contributed by atoms with van der Waals surface area (Å²) in [5.74, 6) is 0.0931. The van der Waals surface area contributed by atoms with Crippen molar-refractivity contribution < 1.29 is 9.53 Å². The van der Waals surface area contributed by atoms with Crippen LogP contribution in [0.4, 0.5) is 4.79 Å². The van der Waals surface area contributed by atoms with Crippen LogP contribution in [0.15, 0.2) is 4.99 Å². The lowest BCUT2D eigenvalue weighted by atomic mass is 10.3. The Hall–Kier alpha value is -1.30. The highest BCUT2D eigenvalue weighted by atomic mass is 16.5. The molecule has 1 saturated heterocycles. The van der Waals surface area contributed by atoms with Gasteiger partial charge in [0.2, 0.25) is 0 Å². The van der Waals surface area contributed by atoms with Gasteiger partial charge in [0, 0.05) is 13.7 Å². The third-order valence-electron chi connectivity index (χ3n) is 1.70. The van der Waals surface area contributed by atoms with E-state index in [0.717, 1.165) is 12.8 Å². The molecule has 0 bridgehead atoms. The van der Waals surface area contributed by atoms with Gasteiger partial charge in [-0.3, -0.25) is 10.3 Å². The zero-order valence-corrected chi connectivity index (χ0v) is 7.54. The molecule has 4 N–H and O–H groups in total. The molecule has 1 fully saturated rings. The highest BCUT2D eigenvalue weighted by Gasteiger charge is 2.17. The second kappa shape index (κ2) is 4.66. The highest BCUT2D eigenvalue weighted by molar-refractivity contribution is 5.95. The average Bonchev–Trinajstić information content (AvgIpc) is 2.56. The molecule has 1 rings (SSSR count). The summed E-state index contributed by atoms with van der Waals surface area (Å²) >= 11 is 0. The number of nitrogens with one attached hydrogen (secondary N) is 2.